The molecule has 0 unspecified atom stereocenters. The van der Waals surface area contributed by atoms with Gasteiger partial charge in [-0.2, -0.15) is 0 Å². The van der Waals surface area contributed by atoms with Crippen LogP contribution in [0.5, 0.6) is 0 Å². The van der Waals surface area contributed by atoms with E-state index in [2.05, 4.69) is 36.3 Å². The standard InChI is InChI=1S/C20H28N4O2S/c1-6-24(7-2)19(26)12-23(5)11-18(25)22-20-21-17(13-27-20)16-9-8-14(3)15(4)10-16/h8-10,13H,6-7,11-12H2,1-5H3,(H,21,22,25). The molecule has 0 spiro atoms. The van der Waals surface area contributed by atoms with Crippen LogP contribution in [0.3, 0.4) is 0 Å². The van der Waals surface area contributed by atoms with Gasteiger partial charge in [0.25, 0.3) is 0 Å². The maximum absolute atomic E-state index is 12.2. The van der Waals surface area contributed by atoms with Gasteiger partial charge in [0.05, 0.1) is 18.8 Å². The minimum absolute atomic E-state index is 0.0292. The molecule has 1 N–H and O–H groups in total. The molecule has 0 fully saturated rings. The van der Waals surface area contributed by atoms with Crippen LogP contribution in [0.4, 0.5) is 5.13 Å². The van der Waals surface area contributed by atoms with Gasteiger partial charge in [0, 0.05) is 24.0 Å². The first-order valence-electron chi connectivity index (χ1n) is 9.13. The minimum atomic E-state index is -0.175. The van der Waals surface area contributed by atoms with E-state index in [1.165, 1.54) is 22.5 Å². The van der Waals surface area contributed by atoms with Gasteiger partial charge < -0.3 is 10.2 Å². The van der Waals surface area contributed by atoms with Gasteiger partial charge in [-0.1, -0.05) is 12.1 Å². The molecular formula is C20H28N4O2S. The van der Waals surface area contributed by atoms with Crippen molar-refractivity contribution in [2.45, 2.75) is 27.7 Å². The van der Waals surface area contributed by atoms with Gasteiger partial charge in [-0.05, 0) is 51.9 Å². The second-order valence-corrected chi connectivity index (χ2v) is 7.48. The largest absolute Gasteiger partial charge is 0.342 e. The highest BCUT2D eigenvalue weighted by atomic mass is 32.1. The lowest BCUT2D eigenvalue weighted by Crippen LogP contribution is -2.41. The third-order valence-corrected chi connectivity index (χ3v) is 5.25. The molecule has 0 saturated carbocycles. The highest BCUT2D eigenvalue weighted by Crippen LogP contribution is 2.26. The number of carbonyl (C=O) groups is 2. The number of carbonyl (C=O) groups excluding carboxylic acids is 2. The van der Waals surface area contributed by atoms with Gasteiger partial charge in [0.15, 0.2) is 5.13 Å². The lowest BCUT2D eigenvalue weighted by molar-refractivity contribution is -0.132. The summed E-state index contributed by atoms with van der Waals surface area (Å²) in [6.07, 6.45) is 0. The number of anilines is 1. The first kappa shape index (κ1) is 21.1. The first-order valence-corrected chi connectivity index (χ1v) is 10.0. The summed E-state index contributed by atoms with van der Waals surface area (Å²) in [5.41, 5.74) is 4.34. The molecule has 1 heterocycles. The van der Waals surface area contributed by atoms with Crippen molar-refractivity contribution in [2.24, 2.45) is 0 Å². The monoisotopic (exact) mass is 388 g/mol. The molecule has 0 bridgehead atoms. The fourth-order valence-electron chi connectivity index (χ4n) is 2.73. The van der Waals surface area contributed by atoms with Crippen molar-refractivity contribution in [3.8, 4) is 11.3 Å². The van der Waals surface area contributed by atoms with E-state index in [4.69, 9.17) is 0 Å². The number of aromatic nitrogens is 1. The average molecular weight is 389 g/mol. The highest BCUT2D eigenvalue weighted by molar-refractivity contribution is 7.14. The summed E-state index contributed by atoms with van der Waals surface area (Å²) in [4.78, 5) is 32.3. The van der Waals surface area contributed by atoms with Crippen LogP contribution in [0.25, 0.3) is 11.3 Å². The Labute approximate surface area is 165 Å². The number of rotatable bonds is 8. The number of benzene rings is 1. The number of hydrogen-bond donors (Lipinski definition) is 1. The summed E-state index contributed by atoms with van der Waals surface area (Å²) in [7, 11) is 1.77. The molecule has 2 rings (SSSR count). The number of nitrogens with one attached hydrogen (secondary N) is 1. The fraction of sp³-hybridized carbons (Fsp3) is 0.450. The zero-order valence-electron chi connectivity index (χ0n) is 16.7. The molecule has 6 nitrogen and oxygen atoms in total. The summed E-state index contributed by atoms with van der Waals surface area (Å²) in [5, 5.41) is 5.33. The Morgan fingerprint density at radius 3 is 2.44 bits per heavy atom. The number of amides is 2. The Morgan fingerprint density at radius 1 is 1.11 bits per heavy atom. The maximum Gasteiger partial charge on any atom is 0.240 e. The van der Waals surface area contributed by atoms with Crippen molar-refractivity contribution < 1.29 is 9.59 Å². The van der Waals surface area contributed by atoms with Crippen LogP contribution < -0.4 is 5.32 Å². The molecule has 0 aliphatic rings. The van der Waals surface area contributed by atoms with E-state index < -0.39 is 0 Å². The average Bonchev–Trinajstić information content (AvgIpc) is 3.06. The van der Waals surface area contributed by atoms with Gasteiger partial charge in [-0.15, -0.1) is 11.3 Å². The Bertz CT molecular complexity index is 799. The van der Waals surface area contributed by atoms with Crippen molar-refractivity contribution >= 4 is 28.3 Å². The Hall–Kier alpha value is -2.25. The van der Waals surface area contributed by atoms with E-state index in [9.17, 15) is 9.59 Å². The molecule has 1 aromatic heterocycles. The minimum Gasteiger partial charge on any atom is -0.342 e. The molecule has 0 aliphatic carbocycles. The molecule has 0 atom stereocenters. The van der Waals surface area contributed by atoms with Crippen molar-refractivity contribution in [2.75, 3.05) is 38.5 Å². The van der Waals surface area contributed by atoms with Crippen LogP contribution in [-0.4, -0.2) is 59.8 Å². The summed E-state index contributed by atoms with van der Waals surface area (Å²) < 4.78 is 0. The number of nitrogens with zero attached hydrogens (tertiary/aromatic N) is 3. The molecule has 2 aromatic rings. The molecule has 146 valence electrons. The summed E-state index contributed by atoms with van der Waals surface area (Å²) in [5.74, 6) is -0.146. The summed E-state index contributed by atoms with van der Waals surface area (Å²) in [6, 6.07) is 6.21. The molecule has 0 radical (unpaired) electrons. The fourth-order valence-corrected chi connectivity index (χ4v) is 3.47. The van der Waals surface area contributed by atoms with Gasteiger partial charge >= 0.3 is 0 Å². The number of aryl methyl sites for hydroxylation is 2. The summed E-state index contributed by atoms with van der Waals surface area (Å²) in [6.45, 7) is 9.77. The number of thiazole rings is 1. The molecule has 0 saturated heterocycles. The summed E-state index contributed by atoms with van der Waals surface area (Å²) >= 11 is 1.40. The quantitative estimate of drug-likeness (QED) is 0.754. The Balaban J connectivity index is 1.91. The third-order valence-electron chi connectivity index (χ3n) is 4.49. The molecule has 2 amide bonds. The predicted molar refractivity (Wildman–Crippen MR) is 111 cm³/mol. The molecule has 0 aliphatic heterocycles. The van der Waals surface area contributed by atoms with E-state index in [0.717, 1.165) is 11.3 Å². The van der Waals surface area contributed by atoms with Gasteiger partial charge in [0.2, 0.25) is 11.8 Å². The van der Waals surface area contributed by atoms with E-state index in [0.29, 0.717) is 18.2 Å². The number of likely N-dealkylation sites (N-methyl/N-ethyl adjacent to an activating group) is 2. The van der Waals surface area contributed by atoms with Gasteiger partial charge in [-0.25, -0.2) is 4.98 Å². The van der Waals surface area contributed by atoms with Crippen LogP contribution in [0.15, 0.2) is 23.6 Å². The van der Waals surface area contributed by atoms with Crippen LogP contribution >= 0.6 is 11.3 Å². The Kier molecular flexibility index (Phi) is 7.50. The van der Waals surface area contributed by atoms with E-state index in [1.54, 1.807) is 16.8 Å². The highest BCUT2D eigenvalue weighted by Gasteiger charge is 2.15. The van der Waals surface area contributed by atoms with Crippen LogP contribution in [-0.2, 0) is 9.59 Å². The zero-order chi connectivity index (χ0) is 20.0. The maximum atomic E-state index is 12.2. The lowest BCUT2D eigenvalue weighted by Gasteiger charge is -2.22. The zero-order valence-corrected chi connectivity index (χ0v) is 17.5. The normalized spacial score (nSPS) is 10.9. The first-order chi connectivity index (χ1) is 12.8. The van der Waals surface area contributed by atoms with Gasteiger partial charge in [0.1, 0.15) is 0 Å². The molecular weight excluding hydrogens is 360 g/mol. The molecule has 1 aromatic carbocycles. The molecule has 7 heteroatoms. The van der Waals surface area contributed by atoms with E-state index in [1.807, 2.05) is 25.3 Å². The topological polar surface area (TPSA) is 65.5 Å². The van der Waals surface area contributed by atoms with Crippen molar-refractivity contribution in [3.63, 3.8) is 0 Å². The molecule has 27 heavy (non-hydrogen) atoms. The second-order valence-electron chi connectivity index (χ2n) is 6.62. The van der Waals surface area contributed by atoms with E-state index in [-0.39, 0.29) is 24.9 Å². The van der Waals surface area contributed by atoms with Gasteiger partial charge in [-0.3, -0.25) is 14.5 Å². The van der Waals surface area contributed by atoms with Crippen molar-refractivity contribution in [3.05, 3.63) is 34.7 Å². The van der Waals surface area contributed by atoms with Crippen molar-refractivity contribution in [1.82, 2.24) is 14.8 Å². The predicted octanol–water partition coefficient (Wildman–Crippen LogP) is 3.17. The van der Waals surface area contributed by atoms with Crippen LogP contribution in [0.2, 0.25) is 0 Å². The second kappa shape index (κ2) is 9.62. The SMILES string of the molecule is CCN(CC)C(=O)CN(C)CC(=O)Nc1nc(-c2ccc(C)c(C)c2)cs1. The Morgan fingerprint density at radius 2 is 1.81 bits per heavy atom. The smallest absolute Gasteiger partial charge is 0.240 e. The number of hydrogen-bond acceptors (Lipinski definition) is 5. The van der Waals surface area contributed by atoms with Crippen molar-refractivity contribution in [1.29, 1.82) is 0 Å². The van der Waals surface area contributed by atoms with E-state index >= 15 is 0 Å². The van der Waals surface area contributed by atoms with Crippen LogP contribution in [0, 0.1) is 13.8 Å². The lowest BCUT2D eigenvalue weighted by atomic mass is 10.1. The van der Waals surface area contributed by atoms with Crippen LogP contribution in [0.1, 0.15) is 25.0 Å². The third kappa shape index (κ3) is 5.87.